The molecule has 0 bridgehead atoms. The molecule has 2 aliphatic rings. The van der Waals surface area contributed by atoms with Crippen molar-refractivity contribution in [3.05, 3.63) is 0 Å². The molecule has 2 rings (SSSR count). The average molecular weight is 311 g/mol. The molecule has 9 heteroatoms. The molecule has 0 aromatic carbocycles. The first-order valence-electron chi connectivity index (χ1n) is 6.53. The van der Waals surface area contributed by atoms with Gasteiger partial charge in [-0.1, -0.05) is 0 Å². The van der Waals surface area contributed by atoms with Crippen LogP contribution in [0.25, 0.3) is 0 Å². The van der Waals surface area contributed by atoms with Crippen LogP contribution >= 0.6 is 0 Å². The third-order valence-corrected chi connectivity index (χ3v) is 3.72. The summed E-state index contributed by atoms with van der Waals surface area (Å²) in [6, 6.07) is 0. The molecule has 0 unspecified atom stereocenters. The fourth-order valence-corrected chi connectivity index (χ4v) is 2.80. The van der Waals surface area contributed by atoms with Gasteiger partial charge in [-0.05, 0) is 13.8 Å². The summed E-state index contributed by atoms with van der Waals surface area (Å²) in [4.78, 5) is 2.11. The predicted molar refractivity (Wildman–Crippen MR) is 68.6 cm³/mol. The first-order chi connectivity index (χ1) is 9.25. The maximum atomic E-state index is 10.9. The lowest BCUT2D eigenvalue weighted by Crippen LogP contribution is -2.55. The molecule has 0 aliphatic carbocycles. The number of ether oxygens (including phenoxy) is 3. The van der Waals surface area contributed by atoms with Crippen LogP contribution in [-0.4, -0.2) is 75.3 Å². The normalized spacial score (nSPS) is 32.1. The van der Waals surface area contributed by atoms with Gasteiger partial charge in [0.25, 0.3) is 0 Å². The molecular weight excluding hydrogens is 290 g/mol. The Morgan fingerprint density at radius 2 is 2.00 bits per heavy atom. The smallest absolute Gasteiger partial charge is 0.379 e. The molecule has 2 heterocycles. The lowest BCUT2D eigenvalue weighted by molar-refractivity contribution is -0.302. The molecule has 2 aliphatic heterocycles. The largest absolute Gasteiger partial charge is 0.397 e. The molecule has 0 aromatic rings. The lowest BCUT2D eigenvalue weighted by Gasteiger charge is -2.42. The van der Waals surface area contributed by atoms with E-state index in [1.165, 1.54) is 0 Å². The molecule has 0 aromatic heterocycles. The Labute approximate surface area is 118 Å². The first kappa shape index (κ1) is 16.1. The predicted octanol–water partition coefficient (Wildman–Crippen LogP) is -0.342. The van der Waals surface area contributed by atoms with Gasteiger partial charge in [0.05, 0.1) is 19.8 Å². The van der Waals surface area contributed by atoms with Crippen LogP contribution in [0.2, 0.25) is 0 Å². The molecule has 8 nitrogen and oxygen atoms in total. The van der Waals surface area contributed by atoms with E-state index in [0.29, 0.717) is 19.8 Å². The van der Waals surface area contributed by atoms with Crippen LogP contribution in [0.4, 0.5) is 0 Å². The molecular formula is C11H21NO7S. The Balaban J connectivity index is 2.01. The van der Waals surface area contributed by atoms with Gasteiger partial charge in [-0.3, -0.25) is 9.45 Å². The molecule has 1 N–H and O–H groups in total. The van der Waals surface area contributed by atoms with Gasteiger partial charge in [0.2, 0.25) is 0 Å². The van der Waals surface area contributed by atoms with Crippen LogP contribution < -0.4 is 0 Å². The van der Waals surface area contributed by atoms with E-state index in [1.54, 1.807) is 13.8 Å². The van der Waals surface area contributed by atoms with Crippen molar-refractivity contribution in [1.29, 1.82) is 0 Å². The van der Waals surface area contributed by atoms with Gasteiger partial charge in [0, 0.05) is 19.6 Å². The number of hydrogen-bond donors (Lipinski definition) is 1. The van der Waals surface area contributed by atoms with E-state index >= 15 is 0 Å². The van der Waals surface area contributed by atoms with Crippen molar-refractivity contribution < 1.29 is 31.4 Å². The SMILES string of the molecule is CC1(C)OC[C@H](OS(=O)(=O)O)[C@@H](CN2CCOCC2)O1. The summed E-state index contributed by atoms with van der Waals surface area (Å²) in [5.41, 5.74) is 0. The Morgan fingerprint density at radius 3 is 2.60 bits per heavy atom. The van der Waals surface area contributed by atoms with Crippen molar-refractivity contribution in [1.82, 2.24) is 4.90 Å². The quantitative estimate of drug-likeness (QED) is 0.705. The highest BCUT2D eigenvalue weighted by Gasteiger charge is 2.40. The Hall–Kier alpha value is -0.290. The summed E-state index contributed by atoms with van der Waals surface area (Å²) in [5.74, 6) is -0.809. The molecule has 0 spiro atoms. The summed E-state index contributed by atoms with van der Waals surface area (Å²) in [7, 11) is -4.54. The summed E-state index contributed by atoms with van der Waals surface area (Å²) >= 11 is 0. The van der Waals surface area contributed by atoms with Gasteiger partial charge in [-0.25, -0.2) is 4.18 Å². The average Bonchev–Trinajstić information content (AvgIpc) is 2.32. The van der Waals surface area contributed by atoms with Gasteiger partial charge in [-0.15, -0.1) is 0 Å². The minimum atomic E-state index is -4.54. The standard InChI is InChI=1S/C11H21NO7S/c1-11(2)17-8-10(19-20(13,14)15)9(18-11)7-12-3-5-16-6-4-12/h9-10H,3-8H2,1-2H3,(H,13,14,15)/t9-,10+/m1/s1. The Morgan fingerprint density at radius 1 is 1.35 bits per heavy atom. The third kappa shape index (κ3) is 4.92. The van der Waals surface area contributed by atoms with Crippen molar-refractivity contribution in [2.24, 2.45) is 0 Å². The van der Waals surface area contributed by atoms with Gasteiger partial charge in [0.15, 0.2) is 5.79 Å². The van der Waals surface area contributed by atoms with E-state index in [0.717, 1.165) is 13.1 Å². The fraction of sp³-hybridized carbons (Fsp3) is 1.00. The highest BCUT2D eigenvalue weighted by Crippen LogP contribution is 2.25. The lowest BCUT2D eigenvalue weighted by atomic mass is 10.1. The second-order valence-corrected chi connectivity index (χ2v) is 6.39. The monoisotopic (exact) mass is 311 g/mol. The molecule has 2 saturated heterocycles. The van der Waals surface area contributed by atoms with Crippen LogP contribution in [0.5, 0.6) is 0 Å². The number of rotatable bonds is 4. The van der Waals surface area contributed by atoms with Crippen LogP contribution in [-0.2, 0) is 28.8 Å². The minimum absolute atomic E-state index is 0.0434. The van der Waals surface area contributed by atoms with E-state index in [4.69, 9.17) is 18.8 Å². The Bertz CT molecular complexity index is 418. The van der Waals surface area contributed by atoms with Crippen molar-refractivity contribution >= 4 is 10.4 Å². The number of nitrogens with zero attached hydrogens (tertiary/aromatic N) is 1. The van der Waals surface area contributed by atoms with Crippen molar-refractivity contribution in [2.75, 3.05) is 39.5 Å². The van der Waals surface area contributed by atoms with Crippen LogP contribution in [0, 0.1) is 0 Å². The van der Waals surface area contributed by atoms with Gasteiger partial charge in [-0.2, -0.15) is 8.42 Å². The second kappa shape index (κ2) is 6.22. The maximum absolute atomic E-state index is 10.9. The minimum Gasteiger partial charge on any atom is -0.379 e. The molecule has 0 radical (unpaired) electrons. The second-order valence-electron chi connectivity index (χ2n) is 5.34. The summed E-state index contributed by atoms with van der Waals surface area (Å²) in [6.45, 7) is 6.82. The van der Waals surface area contributed by atoms with Crippen molar-refractivity contribution in [3.63, 3.8) is 0 Å². The van der Waals surface area contributed by atoms with Crippen LogP contribution in [0.3, 0.4) is 0 Å². The summed E-state index contributed by atoms with van der Waals surface area (Å²) < 4.78 is 51.6. The topological polar surface area (TPSA) is 94.5 Å². The van der Waals surface area contributed by atoms with Gasteiger partial charge >= 0.3 is 10.4 Å². The van der Waals surface area contributed by atoms with Crippen LogP contribution in [0.15, 0.2) is 0 Å². The maximum Gasteiger partial charge on any atom is 0.397 e. The number of hydrogen-bond acceptors (Lipinski definition) is 7. The van der Waals surface area contributed by atoms with Gasteiger partial charge < -0.3 is 14.2 Å². The summed E-state index contributed by atoms with van der Waals surface area (Å²) in [6.07, 6.45) is -1.36. The third-order valence-electron chi connectivity index (χ3n) is 3.23. The molecule has 2 fully saturated rings. The Kier molecular flexibility index (Phi) is 5.00. The molecule has 0 amide bonds. The molecule has 2 atom stereocenters. The zero-order valence-electron chi connectivity index (χ0n) is 11.6. The van der Waals surface area contributed by atoms with Crippen molar-refractivity contribution in [2.45, 2.75) is 31.8 Å². The summed E-state index contributed by atoms with van der Waals surface area (Å²) in [5, 5.41) is 0. The van der Waals surface area contributed by atoms with Crippen molar-refractivity contribution in [3.8, 4) is 0 Å². The van der Waals surface area contributed by atoms with E-state index in [1.807, 2.05) is 0 Å². The van der Waals surface area contributed by atoms with Crippen LogP contribution in [0.1, 0.15) is 13.8 Å². The highest BCUT2D eigenvalue weighted by molar-refractivity contribution is 7.80. The van der Waals surface area contributed by atoms with Gasteiger partial charge in [0.1, 0.15) is 12.2 Å². The molecule has 118 valence electrons. The van der Waals surface area contributed by atoms with E-state index < -0.39 is 28.4 Å². The highest BCUT2D eigenvalue weighted by atomic mass is 32.3. The number of morpholine rings is 1. The fourth-order valence-electron chi connectivity index (χ4n) is 2.30. The molecule has 0 saturated carbocycles. The zero-order chi connectivity index (χ0) is 14.8. The molecule has 20 heavy (non-hydrogen) atoms. The first-order valence-corrected chi connectivity index (χ1v) is 7.89. The van der Waals surface area contributed by atoms with E-state index in [-0.39, 0.29) is 6.61 Å². The van der Waals surface area contributed by atoms with E-state index in [9.17, 15) is 8.42 Å². The van der Waals surface area contributed by atoms with E-state index in [2.05, 4.69) is 9.08 Å². The zero-order valence-corrected chi connectivity index (χ0v) is 12.5.